The normalized spacial score (nSPS) is 22.3. The van der Waals surface area contributed by atoms with Gasteiger partial charge in [0.05, 0.1) is 19.4 Å². The molecular weight excluding hydrogens is 638 g/mol. The van der Waals surface area contributed by atoms with Gasteiger partial charge >= 0.3 is 0 Å². The molecule has 3 nitrogen and oxygen atoms in total. The van der Waals surface area contributed by atoms with Crippen molar-refractivity contribution in [3.63, 3.8) is 0 Å². The number of imidazole rings is 1. The number of aromatic nitrogens is 3. The van der Waals surface area contributed by atoms with Gasteiger partial charge in [-0.2, -0.15) is 0 Å². The predicted molar refractivity (Wildman–Crippen MR) is 133 cm³/mol. The molecule has 0 saturated carbocycles. The number of rotatable bonds is 0. The Hall–Kier alpha value is -1.29. The van der Waals surface area contributed by atoms with E-state index in [0.717, 1.165) is 11.1 Å². The molecule has 0 amide bonds. The van der Waals surface area contributed by atoms with E-state index in [-0.39, 0.29) is 71.2 Å². The van der Waals surface area contributed by atoms with Crippen LogP contribution in [0.5, 0.6) is 0 Å². The minimum atomic E-state index is -2.46. The van der Waals surface area contributed by atoms with Gasteiger partial charge in [0, 0.05) is 31.0 Å². The average Bonchev–Trinajstić information content (AvgIpc) is 3.23. The van der Waals surface area contributed by atoms with E-state index in [1.807, 2.05) is 0 Å². The van der Waals surface area contributed by atoms with Gasteiger partial charge in [-0.1, -0.05) is 83.6 Å². The molecule has 4 aromatic rings. The Morgan fingerprint density at radius 3 is 2.31 bits per heavy atom. The van der Waals surface area contributed by atoms with Crippen LogP contribution in [-0.2, 0) is 36.4 Å². The maximum Gasteiger partial charge on any atom is 0.102 e. The van der Waals surface area contributed by atoms with E-state index in [9.17, 15) is 2.74 Å². The summed E-state index contributed by atoms with van der Waals surface area (Å²) in [6, 6.07) is 3.04. The zero-order chi connectivity index (χ0) is 28.7. The minimum absolute atomic E-state index is 0. The Morgan fingerprint density at radius 1 is 1.06 bits per heavy atom. The Labute approximate surface area is 222 Å². The molecule has 0 fully saturated rings. The molecule has 0 saturated heterocycles. The van der Waals surface area contributed by atoms with Gasteiger partial charge in [-0.25, -0.2) is 0 Å². The molecule has 2 aromatic heterocycles. The van der Waals surface area contributed by atoms with Crippen LogP contribution in [0.15, 0.2) is 28.6 Å². The largest absolute Gasteiger partial charge is 0.321 e. The Balaban J connectivity index is 0.00000353. The van der Waals surface area contributed by atoms with E-state index in [2.05, 4.69) is 63.5 Å². The van der Waals surface area contributed by atoms with Gasteiger partial charge in [0.15, 0.2) is 0 Å². The van der Waals surface area contributed by atoms with Crippen LogP contribution in [0.25, 0.3) is 27.6 Å². The molecule has 1 aliphatic rings. The summed E-state index contributed by atoms with van der Waals surface area (Å²) in [6.07, 6.45) is 0. The number of halogens is 1. The van der Waals surface area contributed by atoms with E-state index >= 15 is 0 Å². The maximum absolute atomic E-state index is 9.51. The molecular formula is C27H31BrIrN3-. The molecule has 0 bridgehead atoms. The second-order valence-corrected chi connectivity index (χ2v) is 11.6. The summed E-state index contributed by atoms with van der Waals surface area (Å²) in [5.74, 6) is 0.149. The topological polar surface area (TPSA) is 30.2 Å². The second kappa shape index (κ2) is 6.87. The van der Waals surface area contributed by atoms with Crippen LogP contribution in [0.4, 0.5) is 0 Å². The number of benzene rings is 2. The Bertz CT molecular complexity index is 1720. The number of hydrogen-bond acceptors (Lipinski definition) is 2. The molecule has 2 heterocycles. The van der Waals surface area contributed by atoms with Crippen LogP contribution in [0, 0.1) is 11.5 Å². The first-order chi connectivity index (χ1) is 17.1. The monoisotopic (exact) mass is 676 g/mol. The molecule has 32 heavy (non-hydrogen) atoms. The predicted octanol–water partition coefficient (Wildman–Crippen LogP) is 7.49. The van der Waals surface area contributed by atoms with Gasteiger partial charge in [0.25, 0.3) is 0 Å². The molecule has 2 aromatic carbocycles. The van der Waals surface area contributed by atoms with Crippen LogP contribution in [0.3, 0.4) is 0 Å². The quantitative estimate of drug-likeness (QED) is 0.181. The summed E-state index contributed by atoms with van der Waals surface area (Å²) in [5, 5.41) is 0.331. The van der Waals surface area contributed by atoms with Crippen molar-refractivity contribution < 1.29 is 29.7 Å². The first-order valence-electron chi connectivity index (χ1n) is 14.0. The van der Waals surface area contributed by atoms with E-state index in [1.165, 1.54) is 0 Å². The van der Waals surface area contributed by atoms with Crippen molar-refractivity contribution >= 4 is 43.5 Å². The van der Waals surface area contributed by atoms with Crippen LogP contribution in [0.1, 0.15) is 88.8 Å². The van der Waals surface area contributed by atoms with Crippen molar-refractivity contribution in [3.05, 3.63) is 51.7 Å². The van der Waals surface area contributed by atoms with Crippen LogP contribution in [0.2, 0.25) is 0 Å². The molecule has 1 radical (unpaired) electrons. The maximum atomic E-state index is 9.51. The van der Waals surface area contributed by atoms with Crippen molar-refractivity contribution in [2.75, 3.05) is 0 Å². The molecule has 0 N–H and O–H groups in total. The van der Waals surface area contributed by atoms with Crippen molar-refractivity contribution in [2.45, 2.75) is 78.5 Å². The molecule has 171 valence electrons. The summed E-state index contributed by atoms with van der Waals surface area (Å²) in [5.41, 5.74) is 0.0347. The van der Waals surface area contributed by atoms with E-state index in [1.54, 1.807) is 18.2 Å². The molecule has 0 aliphatic heterocycles. The van der Waals surface area contributed by atoms with E-state index < -0.39 is 23.1 Å². The summed E-state index contributed by atoms with van der Waals surface area (Å²) in [7, 11) is 0. The van der Waals surface area contributed by atoms with Gasteiger partial charge < -0.3 is 4.40 Å². The SMILES string of the molecule is [2H]c1[c-]c2c(nc(C(C)(C)C([2H])([2H])[2H])n3c2nc2c([2H])c4c(c([2H])c23)C(C)(C)C(C)(C)C4(C)C)c(Br)c1[2H].[Ir]. The zero-order valence-corrected chi connectivity index (χ0v) is 23.5. The van der Waals surface area contributed by atoms with Crippen molar-refractivity contribution in [1.82, 2.24) is 14.4 Å². The van der Waals surface area contributed by atoms with Crippen LogP contribution < -0.4 is 0 Å². The van der Waals surface area contributed by atoms with Gasteiger partial charge in [0.2, 0.25) is 0 Å². The fourth-order valence-electron chi connectivity index (χ4n) is 4.92. The number of nitrogens with zero attached hydrogens (tertiary/aromatic N) is 3. The molecule has 5 rings (SSSR count). The molecule has 0 unspecified atom stereocenters. The van der Waals surface area contributed by atoms with E-state index in [4.69, 9.17) is 16.8 Å². The smallest absolute Gasteiger partial charge is 0.102 e. The number of hydrogen-bond donors (Lipinski definition) is 0. The average molecular weight is 677 g/mol. The fourth-order valence-corrected chi connectivity index (χ4v) is 5.31. The van der Waals surface area contributed by atoms with Gasteiger partial charge in [-0.05, 0) is 50.8 Å². The number of fused-ring (bicyclic) bond motifs is 6. The zero-order valence-electron chi connectivity index (χ0n) is 26.6. The third-order valence-electron chi connectivity index (χ3n) is 8.01. The van der Waals surface area contributed by atoms with E-state index in [0.29, 0.717) is 16.4 Å². The summed E-state index contributed by atoms with van der Waals surface area (Å²) in [6.45, 7) is 13.4. The van der Waals surface area contributed by atoms with Gasteiger partial charge in [0.1, 0.15) is 5.82 Å². The summed E-state index contributed by atoms with van der Waals surface area (Å²) >= 11 is 3.39. The fraction of sp³-hybridized carbons (Fsp3) is 0.481. The van der Waals surface area contributed by atoms with Crippen molar-refractivity contribution in [2.24, 2.45) is 5.41 Å². The Morgan fingerprint density at radius 2 is 1.69 bits per heavy atom. The molecule has 0 spiro atoms. The van der Waals surface area contributed by atoms with Crippen molar-refractivity contribution in [3.8, 4) is 0 Å². The first kappa shape index (κ1) is 16.4. The first-order valence-corrected chi connectivity index (χ1v) is 11.3. The summed E-state index contributed by atoms with van der Waals surface area (Å²) in [4.78, 5) is 9.61. The van der Waals surface area contributed by atoms with Crippen molar-refractivity contribution in [1.29, 1.82) is 0 Å². The molecule has 5 heteroatoms. The standard InChI is InChI=1S/C27H31BrN3.Ir/c1-24(2,3)23-30-21-15(11-10-12-18(21)28)22-29-19-13-16-17(14-20(19)31(22)23)26(6,7)27(8,9)25(16,4)5;/h10,12-14H,1-9H3;/q-1;/i1D3,10D,12D,13D,14D;. The summed E-state index contributed by atoms with van der Waals surface area (Å²) < 4.78 is 62.2. The van der Waals surface area contributed by atoms with Crippen LogP contribution >= 0.6 is 15.9 Å². The minimum Gasteiger partial charge on any atom is -0.321 e. The molecule has 1 aliphatic carbocycles. The third kappa shape index (κ3) is 2.80. The van der Waals surface area contributed by atoms with Crippen LogP contribution in [-0.4, -0.2) is 14.4 Å². The second-order valence-electron chi connectivity index (χ2n) is 10.8. The Kier molecular flexibility index (Phi) is 3.51. The molecule has 0 atom stereocenters. The van der Waals surface area contributed by atoms with Gasteiger partial charge in [-0.15, -0.1) is 18.2 Å². The third-order valence-corrected chi connectivity index (χ3v) is 8.58. The van der Waals surface area contributed by atoms with Gasteiger partial charge in [-0.3, -0.25) is 9.97 Å².